The highest BCUT2D eigenvalue weighted by molar-refractivity contribution is 5.80. The van der Waals surface area contributed by atoms with Gasteiger partial charge < -0.3 is 9.84 Å². The van der Waals surface area contributed by atoms with E-state index in [9.17, 15) is 14.7 Å². The van der Waals surface area contributed by atoms with Crippen LogP contribution in [0, 0.1) is 17.8 Å². The van der Waals surface area contributed by atoms with Gasteiger partial charge in [-0.15, -0.1) is 0 Å². The molecule has 1 aromatic carbocycles. The summed E-state index contributed by atoms with van der Waals surface area (Å²) in [4.78, 5) is 25.2. The van der Waals surface area contributed by atoms with Crippen molar-refractivity contribution in [1.82, 2.24) is 4.90 Å². The van der Waals surface area contributed by atoms with Crippen LogP contribution in [0.2, 0.25) is 0 Å². The van der Waals surface area contributed by atoms with E-state index >= 15 is 0 Å². The molecular weight excluding hydrogens is 330 g/mol. The molecule has 2 bridgehead atoms. The van der Waals surface area contributed by atoms with Gasteiger partial charge in [0.2, 0.25) is 0 Å². The first kappa shape index (κ1) is 18.6. The minimum absolute atomic E-state index is 0.212. The van der Waals surface area contributed by atoms with Crippen molar-refractivity contribution in [1.29, 1.82) is 0 Å². The summed E-state index contributed by atoms with van der Waals surface area (Å²) in [5, 5.41) is 10.9. The Bertz CT molecular complexity index is 740. The van der Waals surface area contributed by atoms with Gasteiger partial charge in [0.15, 0.2) is 6.29 Å². The van der Waals surface area contributed by atoms with Gasteiger partial charge in [0.05, 0.1) is 6.61 Å². The lowest BCUT2D eigenvalue weighted by atomic mass is 9.75. The molecule has 3 heterocycles. The number of rotatable bonds is 5. The zero-order valence-corrected chi connectivity index (χ0v) is 15.2. The highest BCUT2D eigenvalue weighted by atomic mass is 16.5. The number of hydrogen-bond acceptors (Lipinski definition) is 5. The standard InChI is InChI=1S/C21H25NO4/c1-2-26-20(24)6-4-16-3-5-17(18(13-16)14-23)7-10-21(25)15-22-11-8-19(21)9-12-22/h3,5,13-14,19,25H,2,4,6,8-9,11-12,15H2,1H3. The third-order valence-electron chi connectivity index (χ3n) is 5.31. The van der Waals surface area contributed by atoms with Crippen LogP contribution >= 0.6 is 0 Å². The van der Waals surface area contributed by atoms with Crippen molar-refractivity contribution in [2.75, 3.05) is 26.2 Å². The quantitative estimate of drug-likeness (QED) is 0.496. The van der Waals surface area contributed by atoms with Crippen LogP contribution in [0.25, 0.3) is 0 Å². The molecule has 26 heavy (non-hydrogen) atoms. The van der Waals surface area contributed by atoms with Gasteiger partial charge >= 0.3 is 5.97 Å². The van der Waals surface area contributed by atoms with Crippen LogP contribution in [0.3, 0.4) is 0 Å². The number of carbonyl (C=O) groups is 2. The van der Waals surface area contributed by atoms with Gasteiger partial charge in [-0.3, -0.25) is 14.5 Å². The van der Waals surface area contributed by atoms with Gasteiger partial charge in [0, 0.05) is 30.0 Å². The number of nitrogens with zero attached hydrogens (tertiary/aromatic N) is 1. The third kappa shape index (κ3) is 4.14. The Balaban J connectivity index is 1.73. The molecule has 3 aliphatic rings. The van der Waals surface area contributed by atoms with E-state index < -0.39 is 5.60 Å². The van der Waals surface area contributed by atoms with Gasteiger partial charge in [-0.2, -0.15) is 0 Å². The summed E-state index contributed by atoms with van der Waals surface area (Å²) >= 11 is 0. The lowest BCUT2D eigenvalue weighted by Gasteiger charge is -2.47. The topological polar surface area (TPSA) is 66.8 Å². The molecule has 0 amide bonds. The normalized spacial score (nSPS) is 26.7. The Morgan fingerprint density at radius 2 is 2.19 bits per heavy atom. The zero-order valence-electron chi connectivity index (χ0n) is 15.2. The first-order valence-corrected chi connectivity index (χ1v) is 9.25. The molecule has 1 atom stereocenters. The number of aldehydes is 1. The van der Waals surface area contributed by atoms with Crippen molar-refractivity contribution in [2.45, 2.75) is 38.2 Å². The van der Waals surface area contributed by atoms with Crippen molar-refractivity contribution in [3.05, 3.63) is 34.9 Å². The summed E-state index contributed by atoms with van der Waals surface area (Å²) in [5.41, 5.74) is 1.01. The molecular formula is C21H25NO4. The first-order chi connectivity index (χ1) is 12.5. The number of piperidine rings is 3. The van der Waals surface area contributed by atoms with E-state index in [4.69, 9.17) is 4.74 Å². The van der Waals surface area contributed by atoms with Crippen LogP contribution in [-0.2, 0) is 16.0 Å². The van der Waals surface area contributed by atoms with Crippen molar-refractivity contribution < 1.29 is 19.4 Å². The number of fused-ring (bicyclic) bond motifs is 3. The Labute approximate surface area is 154 Å². The number of hydrogen-bond donors (Lipinski definition) is 1. The van der Waals surface area contributed by atoms with Crippen LogP contribution < -0.4 is 0 Å². The molecule has 0 saturated carbocycles. The summed E-state index contributed by atoms with van der Waals surface area (Å²) in [5.74, 6) is 6.03. The average molecular weight is 355 g/mol. The average Bonchev–Trinajstić information content (AvgIpc) is 2.66. The van der Waals surface area contributed by atoms with Gasteiger partial charge in [-0.05, 0) is 57.0 Å². The Hall–Kier alpha value is -2.16. The number of carbonyl (C=O) groups excluding carboxylic acids is 2. The van der Waals surface area contributed by atoms with Gasteiger partial charge in [0.25, 0.3) is 0 Å². The molecule has 4 rings (SSSR count). The molecule has 0 radical (unpaired) electrons. The van der Waals surface area contributed by atoms with Crippen LogP contribution in [0.1, 0.15) is 47.7 Å². The highest BCUT2D eigenvalue weighted by Crippen LogP contribution is 2.35. The number of esters is 1. The predicted molar refractivity (Wildman–Crippen MR) is 97.8 cm³/mol. The summed E-state index contributed by atoms with van der Waals surface area (Å²) in [6.45, 7) is 4.79. The Kier molecular flexibility index (Phi) is 5.75. The van der Waals surface area contributed by atoms with Crippen LogP contribution in [-0.4, -0.2) is 54.1 Å². The molecule has 138 valence electrons. The van der Waals surface area contributed by atoms with Crippen molar-refractivity contribution in [3.63, 3.8) is 0 Å². The van der Waals surface area contributed by atoms with Gasteiger partial charge in [-0.1, -0.05) is 17.9 Å². The Morgan fingerprint density at radius 3 is 2.81 bits per heavy atom. The second kappa shape index (κ2) is 8.03. The first-order valence-electron chi connectivity index (χ1n) is 9.25. The summed E-state index contributed by atoms with van der Waals surface area (Å²) in [7, 11) is 0. The third-order valence-corrected chi connectivity index (χ3v) is 5.31. The smallest absolute Gasteiger partial charge is 0.306 e. The number of benzene rings is 1. The minimum atomic E-state index is -0.987. The lowest BCUT2D eigenvalue weighted by molar-refractivity contribution is -0.143. The molecule has 0 aliphatic carbocycles. The van der Waals surface area contributed by atoms with E-state index in [0.29, 0.717) is 30.7 Å². The fraction of sp³-hybridized carbons (Fsp3) is 0.524. The van der Waals surface area contributed by atoms with Crippen molar-refractivity contribution in [2.24, 2.45) is 5.92 Å². The number of aliphatic hydroxyl groups is 1. The maximum atomic E-state index is 11.5. The van der Waals surface area contributed by atoms with Crippen molar-refractivity contribution in [3.8, 4) is 11.8 Å². The lowest BCUT2D eigenvalue weighted by Crippen LogP contribution is -2.58. The van der Waals surface area contributed by atoms with Crippen LogP contribution in [0.4, 0.5) is 0 Å². The van der Waals surface area contributed by atoms with E-state index in [1.54, 1.807) is 19.1 Å². The summed E-state index contributed by atoms with van der Waals surface area (Å²) < 4.78 is 4.92. The van der Waals surface area contributed by atoms with E-state index in [0.717, 1.165) is 37.8 Å². The van der Waals surface area contributed by atoms with Gasteiger partial charge in [-0.25, -0.2) is 0 Å². The molecule has 3 aliphatic heterocycles. The van der Waals surface area contributed by atoms with E-state index in [2.05, 4.69) is 16.7 Å². The molecule has 5 heteroatoms. The Morgan fingerprint density at radius 1 is 1.42 bits per heavy atom. The molecule has 1 aromatic rings. The number of ether oxygens (including phenoxy) is 1. The fourth-order valence-corrected chi connectivity index (χ4v) is 3.81. The second-order valence-corrected chi connectivity index (χ2v) is 7.07. The predicted octanol–water partition coefficient (Wildman–Crippen LogP) is 1.80. The van der Waals surface area contributed by atoms with Gasteiger partial charge in [0.1, 0.15) is 5.60 Å². The van der Waals surface area contributed by atoms with E-state index in [1.165, 1.54) is 0 Å². The molecule has 3 saturated heterocycles. The minimum Gasteiger partial charge on any atom is -0.466 e. The summed E-state index contributed by atoms with van der Waals surface area (Å²) in [6, 6.07) is 5.43. The fourth-order valence-electron chi connectivity index (χ4n) is 3.81. The summed E-state index contributed by atoms with van der Waals surface area (Å²) in [6.07, 6.45) is 3.53. The van der Waals surface area contributed by atoms with Crippen LogP contribution in [0.5, 0.6) is 0 Å². The maximum Gasteiger partial charge on any atom is 0.306 e. The highest BCUT2D eigenvalue weighted by Gasteiger charge is 2.44. The van der Waals surface area contributed by atoms with E-state index in [-0.39, 0.29) is 18.3 Å². The van der Waals surface area contributed by atoms with E-state index in [1.807, 2.05) is 6.07 Å². The zero-order chi connectivity index (χ0) is 18.6. The molecule has 1 N–H and O–H groups in total. The molecule has 1 unspecified atom stereocenters. The molecule has 0 aromatic heterocycles. The molecule has 3 fully saturated rings. The molecule has 0 spiro atoms. The molecule has 5 nitrogen and oxygen atoms in total. The second-order valence-electron chi connectivity index (χ2n) is 7.07. The monoisotopic (exact) mass is 355 g/mol. The van der Waals surface area contributed by atoms with Crippen LogP contribution in [0.15, 0.2) is 18.2 Å². The largest absolute Gasteiger partial charge is 0.466 e. The maximum absolute atomic E-state index is 11.5. The van der Waals surface area contributed by atoms with Crippen molar-refractivity contribution >= 4 is 12.3 Å². The number of aryl methyl sites for hydroxylation is 1. The SMILES string of the molecule is CCOC(=O)CCc1ccc(C#CC2(O)CN3CCC2CC3)c(C=O)c1.